The molecule has 1 saturated heterocycles. The molecule has 0 amide bonds. The van der Waals surface area contributed by atoms with E-state index in [-0.39, 0.29) is 0 Å². The first-order chi connectivity index (χ1) is 18.8. The number of hydrogen-bond donors (Lipinski definition) is 4. The largest absolute Gasteiger partial charge is 0.355 e. The molecule has 0 aromatic carbocycles. The fourth-order valence-electron chi connectivity index (χ4n) is 9.15. The van der Waals surface area contributed by atoms with E-state index in [0.717, 1.165) is 48.7 Å². The van der Waals surface area contributed by atoms with Crippen LogP contribution in [0.5, 0.6) is 0 Å². The Morgan fingerprint density at radius 2 is 1.00 bits per heavy atom. The number of hydrogen-bond acceptors (Lipinski definition) is 4. The van der Waals surface area contributed by atoms with Gasteiger partial charge in [0.1, 0.15) is 0 Å². The summed E-state index contributed by atoms with van der Waals surface area (Å²) < 4.78 is 0. The Hall–Kier alpha value is -1.46. The van der Waals surface area contributed by atoms with E-state index < -0.39 is 0 Å². The van der Waals surface area contributed by atoms with Gasteiger partial charge in [-0.1, -0.05) is 77.0 Å². The highest BCUT2D eigenvalue weighted by atomic mass is 15.3. The number of nitrogens with zero attached hydrogens (tertiary/aromatic N) is 2. The summed E-state index contributed by atoms with van der Waals surface area (Å²) in [5, 5.41) is 15.4. The lowest BCUT2D eigenvalue weighted by Gasteiger charge is -2.36. The molecule has 0 radical (unpaired) electrons. The van der Waals surface area contributed by atoms with Gasteiger partial charge in [-0.2, -0.15) is 0 Å². The summed E-state index contributed by atoms with van der Waals surface area (Å²) in [6.07, 6.45) is 28.1. The molecule has 4 saturated carbocycles. The van der Waals surface area contributed by atoms with Gasteiger partial charge in [-0.15, -0.1) is 0 Å². The quantitative estimate of drug-likeness (QED) is 0.314. The van der Waals surface area contributed by atoms with Gasteiger partial charge in [0.05, 0.1) is 30.7 Å². The second-order valence-corrected chi connectivity index (χ2v) is 13.7. The number of nitrogens with one attached hydrogen (secondary N) is 4. The lowest BCUT2D eigenvalue weighted by Crippen LogP contribution is -2.47. The summed E-state index contributed by atoms with van der Waals surface area (Å²) >= 11 is 0. The molecule has 0 bridgehead atoms. The average Bonchev–Trinajstić information content (AvgIpc) is 3.62. The van der Waals surface area contributed by atoms with Crippen molar-refractivity contribution in [3.8, 4) is 0 Å². The minimum atomic E-state index is 0.484. The van der Waals surface area contributed by atoms with Gasteiger partial charge in [0.2, 0.25) is 0 Å². The first-order valence-corrected chi connectivity index (χ1v) is 17.0. The molecule has 6 aliphatic rings. The number of guanidine groups is 2. The van der Waals surface area contributed by atoms with Crippen molar-refractivity contribution in [2.45, 2.75) is 153 Å². The van der Waals surface area contributed by atoms with Crippen molar-refractivity contribution in [1.82, 2.24) is 21.3 Å². The van der Waals surface area contributed by atoms with Gasteiger partial charge in [0.25, 0.3) is 0 Å². The fourth-order valence-corrected chi connectivity index (χ4v) is 9.15. The number of aliphatic imine (C=N–C) groups is 2. The van der Waals surface area contributed by atoms with Gasteiger partial charge in [0, 0.05) is 6.54 Å². The Balaban J connectivity index is 1.04. The molecule has 6 heteroatoms. The van der Waals surface area contributed by atoms with Crippen LogP contribution in [0.1, 0.15) is 128 Å². The molecule has 4 N–H and O–H groups in total. The molecule has 2 heterocycles. The van der Waals surface area contributed by atoms with Crippen LogP contribution in [0.15, 0.2) is 9.98 Å². The number of rotatable bonds is 7. The van der Waals surface area contributed by atoms with E-state index >= 15 is 0 Å². The summed E-state index contributed by atoms with van der Waals surface area (Å²) in [4.78, 5) is 10.3. The average molecular weight is 525 g/mol. The monoisotopic (exact) mass is 524 g/mol. The molecule has 214 valence electrons. The van der Waals surface area contributed by atoms with E-state index in [1.54, 1.807) is 0 Å². The van der Waals surface area contributed by atoms with E-state index in [4.69, 9.17) is 9.98 Å². The molecule has 0 aromatic rings. The molecular formula is C32H56N6. The van der Waals surface area contributed by atoms with Crippen molar-refractivity contribution in [1.29, 1.82) is 0 Å². The molecule has 0 aromatic heterocycles. The molecule has 6 rings (SSSR count). The summed E-state index contributed by atoms with van der Waals surface area (Å²) in [7, 11) is 0. The van der Waals surface area contributed by atoms with Gasteiger partial charge in [-0.3, -0.25) is 4.99 Å². The normalized spacial score (nSPS) is 34.3. The van der Waals surface area contributed by atoms with Gasteiger partial charge in [0.15, 0.2) is 11.9 Å². The molecule has 38 heavy (non-hydrogen) atoms. The third-order valence-corrected chi connectivity index (χ3v) is 11.2. The zero-order valence-corrected chi connectivity index (χ0v) is 24.1. The summed E-state index contributed by atoms with van der Waals surface area (Å²) in [5.74, 6) is 5.35. The van der Waals surface area contributed by atoms with Gasteiger partial charge in [-0.05, 0) is 75.0 Å². The molecule has 4 atom stereocenters. The van der Waals surface area contributed by atoms with Crippen LogP contribution in [0.2, 0.25) is 0 Å². The smallest absolute Gasteiger partial charge is 0.191 e. The first-order valence-electron chi connectivity index (χ1n) is 17.0. The van der Waals surface area contributed by atoms with Gasteiger partial charge in [-0.25, -0.2) is 4.99 Å². The maximum atomic E-state index is 5.30. The standard InChI is InChI=1S/C32H56N6/c1-5-13-23(14-6-1)27-28(24-15-7-2-8-16-24)36-31(35-27)33-21-22-34-32-37-29(25-17-9-3-10-18-25)30(38-32)26-19-11-4-12-20-26/h23-30H,1-22H2,(H2,33,35,36)(H2,34,37,38)/t27-,28-,29-,30-/m1/s1. The van der Waals surface area contributed by atoms with E-state index in [1.165, 1.54) is 128 Å². The SMILES string of the molecule is C1CCC([C@H]2N=C(NCCN=C3N[C@H](C4CCCCC4)[C@@H](C4CCCCC4)N3)N[C@@H]2C2CCCCC2)CC1. The Labute approximate surface area is 232 Å². The van der Waals surface area contributed by atoms with Crippen LogP contribution >= 0.6 is 0 Å². The first kappa shape index (κ1) is 26.7. The predicted molar refractivity (Wildman–Crippen MR) is 159 cm³/mol. The second-order valence-electron chi connectivity index (χ2n) is 13.7. The Kier molecular flexibility index (Phi) is 9.34. The minimum Gasteiger partial charge on any atom is -0.355 e. The lowest BCUT2D eigenvalue weighted by atomic mass is 9.75. The molecule has 0 spiro atoms. The predicted octanol–water partition coefficient (Wildman–Crippen LogP) is 5.88. The molecular weight excluding hydrogens is 468 g/mol. The Morgan fingerprint density at radius 1 is 0.553 bits per heavy atom. The minimum absolute atomic E-state index is 0.484. The van der Waals surface area contributed by atoms with Crippen molar-refractivity contribution in [3.05, 3.63) is 0 Å². The topological polar surface area (TPSA) is 72.8 Å². The van der Waals surface area contributed by atoms with Crippen LogP contribution in [0.4, 0.5) is 0 Å². The van der Waals surface area contributed by atoms with E-state index in [1.807, 2.05) is 0 Å². The lowest BCUT2D eigenvalue weighted by molar-refractivity contribution is 0.205. The maximum absolute atomic E-state index is 5.30. The van der Waals surface area contributed by atoms with Crippen molar-refractivity contribution < 1.29 is 0 Å². The van der Waals surface area contributed by atoms with E-state index in [2.05, 4.69) is 21.3 Å². The summed E-state index contributed by atoms with van der Waals surface area (Å²) in [6.45, 7) is 1.66. The van der Waals surface area contributed by atoms with Gasteiger partial charge < -0.3 is 21.3 Å². The van der Waals surface area contributed by atoms with Crippen molar-refractivity contribution in [3.63, 3.8) is 0 Å². The third-order valence-electron chi connectivity index (χ3n) is 11.2. The van der Waals surface area contributed by atoms with Crippen LogP contribution in [-0.2, 0) is 0 Å². The van der Waals surface area contributed by atoms with Gasteiger partial charge >= 0.3 is 0 Å². The van der Waals surface area contributed by atoms with Crippen LogP contribution in [0.3, 0.4) is 0 Å². The molecule has 4 aliphatic carbocycles. The van der Waals surface area contributed by atoms with E-state index in [9.17, 15) is 0 Å². The Bertz CT molecular complexity index is 758. The molecule has 0 unspecified atom stereocenters. The highest BCUT2D eigenvalue weighted by Gasteiger charge is 2.42. The van der Waals surface area contributed by atoms with Crippen LogP contribution in [0.25, 0.3) is 0 Å². The zero-order chi connectivity index (χ0) is 25.6. The highest BCUT2D eigenvalue weighted by molar-refractivity contribution is 5.83. The second kappa shape index (κ2) is 13.3. The molecule has 6 nitrogen and oxygen atoms in total. The van der Waals surface area contributed by atoms with Crippen molar-refractivity contribution in [2.24, 2.45) is 33.7 Å². The van der Waals surface area contributed by atoms with Crippen LogP contribution in [0, 0.1) is 23.7 Å². The van der Waals surface area contributed by atoms with Crippen LogP contribution in [-0.4, -0.2) is 49.2 Å². The molecule has 5 fully saturated rings. The van der Waals surface area contributed by atoms with Crippen LogP contribution < -0.4 is 21.3 Å². The summed E-state index contributed by atoms with van der Waals surface area (Å²) in [5.41, 5.74) is 0. The van der Waals surface area contributed by atoms with E-state index in [0.29, 0.717) is 24.2 Å². The maximum Gasteiger partial charge on any atom is 0.191 e. The zero-order valence-electron chi connectivity index (χ0n) is 24.1. The fraction of sp³-hybridized carbons (Fsp3) is 0.938. The third kappa shape index (κ3) is 6.46. The highest BCUT2D eigenvalue weighted by Crippen LogP contribution is 2.38. The van der Waals surface area contributed by atoms with Crippen molar-refractivity contribution >= 4 is 11.9 Å². The summed E-state index contributed by atoms with van der Waals surface area (Å²) in [6, 6.07) is 2.20. The Morgan fingerprint density at radius 3 is 1.50 bits per heavy atom. The molecule has 2 aliphatic heterocycles. The van der Waals surface area contributed by atoms with Crippen molar-refractivity contribution in [2.75, 3.05) is 13.1 Å².